The fraction of sp³-hybridized carbons (Fsp3) is 0.769. The molecule has 0 aliphatic rings. The number of ketones is 2. The van der Waals surface area contributed by atoms with Gasteiger partial charge >= 0.3 is 23.9 Å². The van der Waals surface area contributed by atoms with Crippen molar-refractivity contribution < 1.29 is 57.2 Å². The van der Waals surface area contributed by atoms with E-state index >= 15 is 0 Å². The molecule has 0 bridgehead atoms. The van der Waals surface area contributed by atoms with Crippen LogP contribution in [0.4, 0.5) is 0 Å². The maximum absolute atomic E-state index is 11.8. The molecule has 0 aliphatic carbocycles. The van der Waals surface area contributed by atoms with Crippen LogP contribution in [0.1, 0.15) is 69.2 Å². The molecular formula is C26H44O12. The number of hydrogen-bond donors (Lipinski definition) is 0. The van der Waals surface area contributed by atoms with Crippen LogP contribution in [0.2, 0.25) is 0 Å². The van der Waals surface area contributed by atoms with Crippen LogP contribution in [0.25, 0.3) is 0 Å². The summed E-state index contributed by atoms with van der Waals surface area (Å²) in [4.78, 5) is 68.4. The summed E-state index contributed by atoms with van der Waals surface area (Å²) < 4.78 is 28.7. The van der Waals surface area contributed by atoms with Gasteiger partial charge in [0.05, 0.1) is 0 Å². The maximum atomic E-state index is 11.8. The highest BCUT2D eigenvalue weighted by atomic mass is 16.6. The van der Waals surface area contributed by atoms with Gasteiger partial charge in [0.25, 0.3) is 0 Å². The van der Waals surface area contributed by atoms with Crippen LogP contribution in [0.5, 0.6) is 0 Å². The molecule has 0 aromatic heterocycles. The summed E-state index contributed by atoms with van der Waals surface area (Å²) in [6.07, 6.45) is -1.92. The van der Waals surface area contributed by atoms with E-state index in [-0.39, 0.29) is 31.4 Å². The Morgan fingerprint density at radius 2 is 1.03 bits per heavy atom. The molecule has 0 aromatic carbocycles. The second-order valence-corrected chi connectivity index (χ2v) is 10.1. The van der Waals surface area contributed by atoms with Crippen LogP contribution < -0.4 is 0 Å². The van der Waals surface area contributed by atoms with Gasteiger partial charge in [0.2, 0.25) is 0 Å². The van der Waals surface area contributed by atoms with E-state index in [0.29, 0.717) is 13.2 Å². The van der Waals surface area contributed by atoms with Crippen LogP contribution in [-0.2, 0) is 57.2 Å². The highest BCUT2D eigenvalue weighted by Gasteiger charge is 2.29. The Hall–Kier alpha value is -2.86. The lowest BCUT2D eigenvalue weighted by atomic mass is 9.88. The van der Waals surface area contributed by atoms with E-state index in [1.54, 1.807) is 55.4 Å². The molecule has 0 radical (unpaired) electrons. The lowest BCUT2D eigenvalue weighted by molar-refractivity contribution is -0.170. The molecule has 2 atom stereocenters. The Balaban J connectivity index is 0. The highest BCUT2D eigenvalue weighted by molar-refractivity contribution is 5.90. The van der Waals surface area contributed by atoms with Crippen molar-refractivity contribution in [2.45, 2.75) is 81.4 Å². The van der Waals surface area contributed by atoms with Crippen molar-refractivity contribution in [2.24, 2.45) is 10.8 Å². The largest absolute Gasteiger partial charge is 0.455 e. The third kappa shape index (κ3) is 18.4. The minimum absolute atomic E-state index is 0.193. The molecule has 0 rings (SSSR count). The fourth-order valence-electron chi connectivity index (χ4n) is 2.20. The van der Waals surface area contributed by atoms with Crippen LogP contribution >= 0.6 is 0 Å². The maximum Gasteiger partial charge on any atom is 0.347 e. The fourth-order valence-corrected chi connectivity index (χ4v) is 2.20. The Kier molecular flexibility index (Phi) is 18.1. The SMILES string of the molecule is CCOCC(=O)OC(C)C(=O)OCC(=O)C(C)(C)C.CCOCC(=O)OCC(=O)OC(C)C(=O)C(C)(C)C. The van der Waals surface area contributed by atoms with E-state index in [1.165, 1.54) is 13.8 Å². The van der Waals surface area contributed by atoms with Gasteiger partial charge in [-0.2, -0.15) is 0 Å². The van der Waals surface area contributed by atoms with Gasteiger partial charge in [0, 0.05) is 24.0 Å². The van der Waals surface area contributed by atoms with Gasteiger partial charge < -0.3 is 28.4 Å². The zero-order valence-electron chi connectivity index (χ0n) is 24.3. The monoisotopic (exact) mass is 548 g/mol. The van der Waals surface area contributed by atoms with Gasteiger partial charge in [-0.1, -0.05) is 41.5 Å². The third-order valence-corrected chi connectivity index (χ3v) is 4.44. The molecule has 12 heteroatoms. The summed E-state index contributed by atoms with van der Waals surface area (Å²) in [5.74, 6) is -3.19. The third-order valence-electron chi connectivity index (χ3n) is 4.44. The lowest BCUT2D eigenvalue weighted by Gasteiger charge is -2.21. The molecule has 38 heavy (non-hydrogen) atoms. The quantitative estimate of drug-likeness (QED) is 0.230. The summed E-state index contributed by atoms with van der Waals surface area (Å²) in [7, 11) is 0. The molecule has 0 N–H and O–H groups in total. The van der Waals surface area contributed by atoms with E-state index in [2.05, 4.69) is 4.74 Å². The molecule has 0 spiro atoms. The van der Waals surface area contributed by atoms with Gasteiger partial charge in [-0.15, -0.1) is 0 Å². The summed E-state index contributed by atoms with van der Waals surface area (Å²) in [6.45, 7) is 16.3. The Bertz CT molecular complexity index is 789. The summed E-state index contributed by atoms with van der Waals surface area (Å²) in [6, 6.07) is 0. The Morgan fingerprint density at radius 3 is 1.47 bits per heavy atom. The summed E-state index contributed by atoms with van der Waals surface area (Å²) in [5, 5.41) is 0. The first-order valence-electron chi connectivity index (χ1n) is 12.3. The highest BCUT2D eigenvalue weighted by Crippen LogP contribution is 2.18. The average Bonchev–Trinajstić information content (AvgIpc) is 2.81. The zero-order valence-corrected chi connectivity index (χ0v) is 24.3. The van der Waals surface area contributed by atoms with Crippen molar-refractivity contribution in [3.63, 3.8) is 0 Å². The van der Waals surface area contributed by atoms with Crippen molar-refractivity contribution in [1.82, 2.24) is 0 Å². The van der Waals surface area contributed by atoms with Crippen molar-refractivity contribution in [2.75, 3.05) is 39.6 Å². The van der Waals surface area contributed by atoms with E-state index in [9.17, 15) is 28.8 Å². The molecule has 0 aromatic rings. The molecule has 0 fully saturated rings. The topological polar surface area (TPSA) is 158 Å². The van der Waals surface area contributed by atoms with Crippen molar-refractivity contribution in [3.05, 3.63) is 0 Å². The van der Waals surface area contributed by atoms with Gasteiger partial charge in [-0.05, 0) is 27.7 Å². The lowest BCUT2D eigenvalue weighted by Crippen LogP contribution is -2.35. The normalized spacial score (nSPS) is 12.7. The number of carbonyl (C=O) groups is 6. The molecule has 12 nitrogen and oxygen atoms in total. The van der Waals surface area contributed by atoms with E-state index in [1.807, 2.05) is 0 Å². The number of Topliss-reactive ketones (excluding diaryl/α,β-unsaturated/α-hetero) is 2. The summed E-state index contributed by atoms with van der Waals surface area (Å²) in [5.41, 5.74) is -1.17. The van der Waals surface area contributed by atoms with Crippen LogP contribution in [0, 0.1) is 10.8 Å². The Morgan fingerprint density at radius 1 is 0.579 bits per heavy atom. The minimum Gasteiger partial charge on any atom is -0.455 e. The van der Waals surface area contributed by atoms with E-state index in [0.717, 1.165) is 0 Å². The molecule has 0 heterocycles. The van der Waals surface area contributed by atoms with E-state index in [4.69, 9.17) is 23.7 Å². The minimum atomic E-state index is -1.05. The average molecular weight is 549 g/mol. The molecule has 0 aliphatic heterocycles. The predicted octanol–water partition coefficient (Wildman–Crippen LogP) is 2.23. The number of carbonyl (C=O) groups excluding carboxylic acids is 6. The van der Waals surface area contributed by atoms with Crippen LogP contribution in [0.3, 0.4) is 0 Å². The number of rotatable bonds is 14. The molecule has 220 valence electrons. The zero-order chi connectivity index (χ0) is 30.1. The van der Waals surface area contributed by atoms with Gasteiger partial charge in [-0.3, -0.25) is 9.59 Å². The van der Waals surface area contributed by atoms with Gasteiger partial charge in [0.15, 0.2) is 37.0 Å². The van der Waals surface area contributed by atoms with Gasteiger partial charge in [-0.25, -0.2) is 19.2 Å². The molecule has 0 saturated carbocycles. The number of hydrogen-bond acceptors (Lipinski definition) is 12. The molecule has 0 amide bonds. The molecular weight excluding hydrogens is 504 g/mol. The number of ether oxygens (including phenoxy) is 6. The van der Waals surface area contributed by atoms with Crippen LogP contribution in [-0.4, -0.2) is 87.3 Å². The standard InChI is InChI=1S/2C13H22O6/c1-6-17-7-10(14)18-8-11(15)19-9(2)12(16)13(3,4)5;1-6-17-8-11(15)19-9(2)12(16)18-7-10(14)13(3,4)5/h2*9H,6-8H2,1-5H3. The van der Waals surface area contributed by atoms with Crippen molar-refractivity contribution in [3.8, 4) is 0 Å². The Labute approximate surface area is 225 Å². The van der Waals surface area contributed by atoms with Crippen LogP contribution in [0.15, 0.2) is 0 Å². The van der Waals surface area contributed by atoms with Crippen molar-refractivity contribution in [1.29, 1.82) is 0 Å². The summed E-state index contributed by atoms with van der Waals surface area (Å²) >= 11 is 0. The second kappa shape index (κ2) is 18.4. The smallest absolute Gasteiger partial charge is 0.347 e. The van der Waals surface area contributed by atoms with E-state index < -0.39 is 53.5 Å². The molecule has 2 unspecified atom stereocenters. The first kappa shape index (κ1) is 37.3. The predicted molar refractivity (Wildman–Crippen MR) is 135 cm³/mol. The second-order valence-electron chi connectivity index (χ2n) is 10.1. The van der Waals surface area contributed by atoms with Gasteiger partial charge in [0.1, 0.15) is 13.2 Å². The first-order valence-corrected chi connectivity index (χ1v) is 12.3. The van der Waals surface area contributed by atoms with Crippen molar-refractivity contribution >= 4 is 35.4 Å². The molecule has 0 saturated heterocycles. The number of esters is 4. The first-order chi connectivity index (χ1) is 17.4.